The highest BCUT2D eigenvalue weighted by Gasteiger charge is 2.09. The maximum atomic E-state index is 5.75. The van der Waals surface area contributed by atoms with E-state index in [1.807, 2.05) is 0 Å². The number of fused-ring (bicyclic) bond motifs is 1. The normalized spacial score (nSPS) is 11.2. The van der Waals surface area contributed by atoms with Crippen LogP contribution in [0.25, 0.3) is 11.0 Å². The van der Waals surface area contributed by atoms with Gasteiger partial charge in [-0.2, -0.15) is 0 Å². The van der Waals surface area contributed by atoms with E-state index in [1.165, 1.54) is 30.6 Å². The molecule has 3 heteroatoms. The molecule has 0 fully saturated rings. The zero-order valence-electron chi connectivity index (χ0n) is 10.7. The Morgan fingerprint density at radius 3 is 2.82 bits per heavy atom. The molecule has 92 valence electrons. The molecule has 0 aliphatic rings. The molecule has 0 bridgehead atoms. The quantitative estimate of drug-likeness (QED) is 0.804. The molecule has 0 aliphatic carbocycles. The standard InChI is InChI=1S/C14H21N3/c1-3-4-5-9-13-16-14-11(10-15)7-6-8-12(14)17(13)2/h6-8H,3-5,9-10,15H2,1-2H3. The number of unbranched alkanes of at least 4 members (excludes halogenated alkanes) is 2. The van der Waals surface area contributed by atoms with E-state index in [0.717, 1.165) is 17.5 Å². The van der Waals surface area contributed by atoms with Crippen molar-refractivity contribution in [2.24, 2.45) is 12.8 Å². The fraction of sp³-hybridized carbons (Fsp3) is 0.500. The SMILES string of the molecule is CCCCCc1nc2c(CN)cccc2n1C. The van der Waals surface area contributed by atoms with Crippen LogP contribution >= 0.6 is 0 Å². The second kappa shape index (κ2) is 5.32. The molecule has 0 saturated carbocycles. The largest absolute Gasteiger partial charge is 0.331 e. The third-order valence-corrected chi connectivity index (χ3v) is 3.31. The van der Waals surface area contributed by atoms with Gasteiger partial charge in [0.25, 0.3) is 0 Å². The van der Waals surface area contributed by atoms with Crippen molar-refractivity contribution >= 4 is 11.0 Å². The van der Waals surface area contributed by atoms with Gasteiger partial charge in [0.15, 0.2) is 0 Å². The number of para-hydroxylation sites is 1. The van der Waals surface area contributed by atoms with Crippen LogP contribution in [0.15, 0.2) is 18.2 Å². The summed E-state index contributed by atoms with van der Waals surface area (Å²) in [4.78, 5) is 4.74. The first-order chi connectivity index (χ1) is 8.27. The molecule has 2 rings (SSSR count). The third kappa shape index (κ3) is 2.34. The van der Waals surface area contributed by atoms with Gasteiger partial charge in [0.2, 0.25) is 0 Å². The summed E-state index contributed by atoms with van der Waals surface area (Å²) >= 11 is 0. The Labute approximate surface area is 103 Å². The topological polar surface area (TPSA) is 43.8 Å². The van der Waals surface area contributed by atoms with Crippen LogP contribution in [-0.4, -0.2) is 9.55 Å². The van der Waals surface area contributed by atoms with Crippen LogP contribution in [-0.2, 0) is 20.0 Å². The van der Waals surface area contributed by atoms with Crippen LogP contribution in [0, 0.1) is 0 Å². The van der Waals surface area contributed by atoms with Gasteiger partial charge >= 0.3 is 0 Å². The van der Waals surface area contributed by atoms with Gasteiger partial charge in [0.1, 0.15) is 5.82 Å². The van der Waals surface area contributed by atoms with E-state index in [4.69, 9.17) is 10.7 Å². The van der Waals surface area contributed by atoms with E-state index >= 15 is 0 Å². The first kappa shape index (κ1) is 12.1. The fourth-order valence-electron chi connectivity index (χ4n) is 2.24. The van der Waals surface area contributed by atoms with Crippen molar-refractivity contribution < 1.29 is 0 Å². The van der Waals surface area contributed by atoms with Gasteiger partial charge in [-0.05, 0) is 18.1 Å². The lowest BCUT2D eigenvalue weighted by molar-refractivity contribution is 0.676. The number of imidazole rings is 1. The number of rotatable bonds is 5. The maximum Gasteiger partial charge on any atom is 0.109 e. The second-order valence-electron chi connectivity index (χ2n) is 4.53. The fourth-order valence-corrected chi connectivity index (χ4v) is 2.24. The lowest BCUT2D eigenvalue weighted by Crippen LogP contribution is -1.97. The first-order valence-corrected chi connectivity index (χ1v) is 6.41. The van der Waals surface area contributed by atoms with Crippen LogP contribution < -0.4 is 5.73 Å². The van der Waals surface area contributed by atoms with Gasteiger partial charge in [-0.1, -0.05) is 31.9 Å². The minimum Gasteiger partial charge on any atom is -0.331 e. The van der Waals surface area contributed by atoms with Crippen molar-refractivity contribution in [3.05, 3.63) is 29.6 Å². The van der Waals surface area contributed by atoms with Gasteiger partial charge in [0, 0.05) is 20.0 Å². The molecular formula is C14H21N3. The van der Waals surface area contributed by atoms with E-state index in [9.17, 15) is 0 Å². The number of hydrogen-bond donors (Lipinski definition) is 1. The monoisotopic (exact) mass is 231 g/mol. The predicted octanol–water partition coefficient (Wildman–Crippen LogP) is 2.76. The zero-order chi connectivity index (χ0) is 12.3. The van der Waals surface area contributed by atoms with E-state index in [0.29, 0.717) is 6.54 Å². The summed E-state index contributed by atoms with van der Waals surface area (Å²) < 4.78 is 2.20. The summed E-state index contributed by atoms with van der Waals surface area (Å²) in [7, 11) is 2.09. The van der Waals surface area contributed by atoms with Gasteiger partial charge in [0.05, 0.1) is 11.0 Å². The highest BCUT2D eigenvalue weighted by molar-refractivity contribution is 5.79. The summed E-state index contributed by atoms with van der Waals surface area (Å²) in [6.07, 6.45) is 4.79. The van der Waals surface area contributed by atoms with Gasteiger partial charge in [-0.25, -0.2) is 4.98 Å². The Bertz CT molecular complexity index is 499. The van der Waals surface area contributed by atoms with Gasteiger partial charge in [-0.3, -0.25) is 0 Å². The molecule has 3 nitrogen and oxygen atoms in total. The summed E-state index contributed by atoms with van der Waals surface area (Å²) in [5.41, 5.74) is 9.15. The number of hydrogen-bond acceptors (Lipinski definition) is 2. The van der Waals surface area contributed by atoms with E-state index in [2.05, 4.69) is 36.7 Å². The first-order valence-electron chi connectivity index (χ1n) is 6.41. The third-order valence-electron chi connectivity index (χ3n) is 3.31. The molecule has 0 radical (unpaired) electrons. The Kier molecular flexibility index (Phi) is 3.79. The average Bonchev–Trinajstić information content (AvgIpc) is 2.67. The van der Waals surface area contributed by atoms with Gasteiger partial charge < -0.3 is 10.3 Å². The van der Waals surface area contributed by atoms with Crippen molar-refractivity contribution in [3.63, 3.8) is 0 Å². The van der Waals surface area contributed by atoms with Crippen LogP contribution in [0.3, 0.4) is 0 Å². The minimum absolute atomic E-state index is 0.558. The molecule has 0 atom stereocenters. The molecule has 0 spiro atoms. The van der Waals surface area contributed by atoms with E-state index in [-0.39, 0.29) is 0 Å². The molecule has 17 heavy (non-hydrogen) atoms. The van der Waals surface area contributed by atoms with E-state index in [1.54, 1.807) is 0 Å². The number of nitrogens with two attached hydrogens (primary N) is 1. The van der Waals surface area contributed by atoms with E-state index < -0.39 is 0 Å². The molecule has 2 aromatic rings. The number of aromatic nitrogens is 2. The molecule has 0 aliphatic heterocycles. The van der Waals surface area contributed by atoms with Crippen LogP contribution in [0.2, 0.25) is 0 Å². The zero-order valence-corrected chi connectivity index (χ0v) is 10.7. The highest BCUT2D eigenvalue weighted by Crippen LogP contribution is 2.20. The van der Waals surface area contributed by atoms with Crippen LogP contribution in [0.1, 0.15) is 37.6 Å². The number of nitrogens with zero attached hydrogens (tertiary/aromatic N) is 2. The van der Waals surface area contributed by atoms with Crippen molar-refractivity contribution in [1.29, 1.82) is 0 Å². The highest BCUT2D eigenvalue weighted by atomic mass is 15.1. The Balaban J connectivity index is 2.35. The lowest BCUT2D eigenvalue weighted by atomic mass is 10.2. The number of benzene rings is 1. The van der Waals surface area contributed by atoms with Crippen molar-refractivity contribution in [2.45, 2.75) is 39.2 Å². The molecule has 0 saturated heterocycles. The van der Waals surface area contributed by atoms with Gasteiger partial charge in [-0.15, -0.1) is 0 Å². The molecule has 1 aromatic carbocycles. The molecule has 0 amide bonds. The van der Waals surface area contributed by atoms with Crippen LogP contribution in [0.5, 0.6) is 0 Å². The van der Waals surface area contributed by atoms with Crippen molar-refractivity contribution in [1.82, 2.24) is 9.55 Å². The average molecular weight is 231 g/mol. The minimum atomic E-state index is 0.558. The summed E-state index contributed by atoms with van der Waals surface area (Å²) in [5, 5.41) is 0. The summed E-state index contributed by atoms with van der Waals surface area (Å²) in [5.74, 6) is 1.18. The molecule has 2 N–H and O–H groups in total. The maximum absolute atomic E-state index is 5.75. The summed E-state index contributed by atoms with van der Waals surface area (Å²) in [6, 6.07) is 6.23. The molecule has 1 heterocycles. The second-order valence-corrected chi connectivity index (χ2v) is 4.53. The Morgan fingerprint density at radius 1 is 1.29 bits per heavy atom. The Hall–Kier alpha value is -1.35. The summed E-state index contributed by atoms with van der Waals surface area (Å²) in [6.45, 7) is 2.78. The number of aryl methyl sites for hydroxylation is 2. The van der Waals surface area contributed by atoms with Crippen LogP contribution in [0.4, 0.5) is 0 Å². The van der Waals surface area contributed by atoms with Crippen molar-refractivity contribution in [3.8, 4) is 0 Å². The predicted molar refractivity (Wildman–Crippen MR) is 71.8 cm³/mol. The molecule has 1 aromatic heterocycles. The smallest absolute Gasteiger partial charge is 0.109 e. The molecule has 0 unspecified atom stereocenters. The molecular weight excluding hydrogens is 210 g/mol. The lowest BCUT2D eigenvalue weighted by Gasteiger charge is -2.01. The Morgan fingerprint density at radius 2 is 2.12 bits per heavy atom. The van der Waals surface area contributed by atoms with Crippen molar-refractivity contribution in [2.75, 3.05) is 0 Å².